The standard InChI is InChI=1S/C19H20FN3O/c1-19(2,3)23-18(24)22-17-14-6-4-5-7-15(14)21-16(17)12-8-10-13(20)11-9-12/h4-11,21H,1-3H3,(H2,22,23,24). The molecule has 3 aromatic rings. The van der Waals surface area contributed by atoms with Crippen LogP contribution >= 0.6 is 0 Å². The van der Waals surface area contributed by atoms with Crippen LogP contribution in [0.3, 0.4) is 0 Å². The summed E-state index contributed by atoms with van der Waals surface area (Å²) in [5, 5.41) is 6.72. The molecule has 0 fully saturated rings. The molecule has 24 heavy (non-hydrogen) atoms. The third kappa shape index (κ3) is 3.40. The van der Waals surface area contributed by atoms with Gasteiger partial charge in [0.2, 0.25) is 0 Å². The smallest absolute Gasteiger partial charge is 0.319 e. The molecule has 2 amide bonds. The van der Waals surface area contributed by atoms with Gasteiger partial charge in [-0.05, 0) is 51.1 Å². The molecule has 0 saturated heterocycles. The van der Waals surface area contributed by atoms with Crippen molar-refractivity contribution in [2.24, 2.45) is 0 Å². The molecule has 1 heterocycles. The number of amides is 2. The highest BCUT2D eigenvalue weighted by Crippen LogP contribution is 2.35. The van der Waals surface area contributed by atoms with E-state index < -0.39 is 0 Å². The molecule has 0 aliphatic rings. The predicted molar refractivity (Wildman–Crippen MR) is 95.6 cm³/mol. The van der Waals surface area contributed by atoms with Crippen LogP contribution in [0.5, 0.6) is 0 Å². The summed E-state index contributed by atoms with van der Waals surface area (Å²) >= 11 is 0. The fraction of sp³-hybridized carbons (Fsp3) is 0.211. The van der Waals surface area contributed by atoms with Gasteiger partial charge in [0.15, 0.2) is 0 Å². The Balaban J connectivity index is 2.05. The lowest BCUT2D eigenvalue weighted by atomic mass is 10.1. The van der Waals surface area contributed by atoms with Gasteiger partial charge in [0.1, 0.15) is 5.82 Å². The maximum absolute atomic E-state index is 13.2. The summed E-state index contributed by atoms with van der Waals surface area (Å²) < 4.78 is 13.2. The fourth-order valence-electron chi connectivity index (χ4n) is 2.59. The summed E-state index contributed by atoms with van der Waals surface area (Å²) in [5.74, 6) is -0.296. The van der Waals surface area contributed by atoms with Crippen LogP contribution in [0.1, 0.15) is 20.8 Å². The molecule has 0 atom stereocenters. The van der Waals surface area contributed by atoms with Crippen LogP contribution in [0, 0.1) is 5.82 Å². The first kappa shape index (κ1) is 16.1. The number of rotatable bonds is 2. The number of hydrogen-bond acceptors (Lipinski definition) is 1. The molecular weight excluding hydrogens is 305 g/mol. The monoisotopic (exact) mass is 325 g/mol. The molecule has 0 bridgehead atoms. The van der Waals surface area contributed by atoms with Crippen LogP contribution in [0.2, 0.25) is 0 Å². The van der Waals surface area contributed by atoms with Crippen LogP contribution in [0.25, 0.3) is 22.2 Å². The minimum atomic E-state index is -0.341. The zero-order chi connectivity index (χ0) is 17.3. The van der Waals surface area contributed by atoms with Crippen molar-refractivity contribution in [1.82, 2.24) is 10.3 Å². The fourth-order valence-corrected chi connectivity index (χ4v) is 2.59. The lowest BCUT2D eigenvalue weighted by molar-refractivity contribution is 0.244. The highest BCUT2D eigenvalue weighted by atomic mass is 19.1. The van der Waals surface area contributed by atoms with Crippen molar-refractivity contribution in [3.05, 3.63) is 54.3 Å². The van der Waals surface area contributed by atoms with Gasteiger partial charge in [-0.15, -0.1) is 0 Å². The van der Waals surface area contributed by atoms with E-state index in [4.69, 9.17) is 0 Å². The molecule has 0 aliphatic carbocycles. The van der Waals surface area contributed by atoms with Gasteiger partial charge in [0, 0.05) is 22.0 Å². The number of urea groups is 1. The number of hydrogen-bond donors (Lipinski definition) is 3. The zero-order valence-electron chi connectivity index (χ0n) is 13.9. The normalized spacial score (nSPS) is 11.5. The summed E-state index contributed by atoms with van der Waals surface area (Å²) in [6, 6.07) is 13.6. The molecule has 0 unspecified atom stereocenters. The highest BCUT2D eigenvalue weighted by molar-refractivity contribution is 6.07. The largest absolute Gasteiger partial charge is 0.353 e. The first-order valence-electron chi connectivity index (χ1n) is 7.79. The molecule has 1 aromatic heterocycles. The van der Waals surface area contributed by atoms with E-state index in [0.29, 0.717) is 5.69 Å². The minimum absolute atomic E-state index is 0.282. The summed E-state index contributed by atoms with van der Waals surface area (Å²) in [7, 11) is 0. The number of nitrogens with one attached hydrogen (secondary N) is 3. The Hall–Kier alpha value is -2.82. The maximum Gasteiger partial charge on any atom is 0.319 e. The second-order valence-electron chi connectivity index (χ2n) is 6.76. The first-order valence-corrected chi connectivity index (χ1v) is 7.79. The third-order valence-corrected chi connectivity index (χ3v) is 3.57. The van der Waals surface area contributed by atoms with E-state index in [1.165, 1.54) is 12.1 Å². The van der Waals surface area contributed by atoms with E-state index in [-0.39, 0.29) is 17.4 Å². The quantitative estimate of drug-likeness (QED) is 0.617. The molecule has 3 rings (SSSR count). The average Bonchev–Trinajstić information content (AvgIpc) is 2.85. The lowest BCUT2D eigenvalue weighted by Crippen LogP contribution is -2.43. The Morgan fingerprint density at radius 2 is 1.71 bits per heavy atom. The van der Waals surface area contributed by atoms with E-state index in [2.05, 4.69) is 15.6 Å². The van der Waals surface area contributed by atoms with Crippen molar-refractivity contribution in [2.45, 2.75) is 26.3 Å². The number of halogens is 1. The average molecular weight is 325 g/mol. The van der Waals surface area contributed by atoms with E-state index in [0.717, 1.165) is 22.2 Å². The molecule has 3 N–H and O–H groups in total. The molecule has 2 aromatic carbocycles. The highest BCUT2D eigenvalue weighted by Gasteiger charge is 2.18. The van der Waals surface area contributed by atoms with Gasteiger partial charge < -0.3 is 15.6 Å². The van der Waals surface area contributed by atoms with Crippen molar-refractivity contribution >= 4 is 22.6 Å². The van der Waals surface area contributed by atoms with Crippen LogP contribution in [-0.4, -0.2) is 16.6 Å². The zero-order valence-corrected chi connectivity index (χ0v) is 13.9. The van der Waals surface area contributed by atoms with Crippen LogP contribution in [-0.2, 0) is 0 Å². The molecule has 0 spiro atoms. The number of aromatic amines is 1. The number of fused-ring (bicyclic) bond motifs is 1. The van der Waals surface area contributed by atoms with E-state index in [1.807, 2.05) is 45.0 Å². The van der Waals surface area contributed by atoms with E-state index in [9.17, 15) is 9.18 Å². The number of benzene rings is 2. The van der Waals surface area contributed by atoms with Crippen molar-refractivity contribution in [2.75, 3.05) is 5.32 Å². The van der Waals surface area contributed by atoms with Crippen LogP contribution in [0.4, 0.5) is 14.9 Å². The Labute approximate surface area is 140 Å². The van der Waals surface area contributed by atoms with Crippen molar-refractivity contribution in [3.8, 4) is 11.3 Å². The predicted octanol–water partition coefficient (Wildman–Crippen LogP) is 4.89. The second-order valence-corrected chi connectivity index (χ2v) is 6.76. The number of para-hydroxylation sites is 1. The number of carbonyl (C=O) groups excluding carboxylic acids is 1. The molecular formula is C19H20FN3O. The Morgan fingerprint density at radius 1 is 1.04 bits per heavy atom. The molecule has 124 valence electrons. The molecule has 0 aliphatic heterocycles. The third-order valence-electron chi connectivity index (χ3n) is 3.57. The van der Waals surface area contributed by atoms with Crippen molar-refractivity contribution < 1.29 is 9.18 Å². The van der Waals surface area contributed by atoms with Crippen molar-refractivity contribution in [1.29, 1.82) is 0 Å². The Morgan fingerprint density at radius 3 is 2.38 bits per heavy atom. The van der Waals surface area contributed by atoms with Gasteiger partial charge in [0.25, 0.3) is 0 Å². The van der Waals surface area contributed by atoms with Crippen LogP contribution < -0.4 is 10.6 Å². The maximum atomic E-state index is 13.2. The summed E-state index contributed by atoms with van der Waals surface area (Å²) in [6.45, 7) is 5.76. The summed E-state index contributed by atoms with van der Waals surface area (Å²) in [5.41, 5.74) is 2.80. The Kier molecular flexibility index (Phi) is 4.01. The number of anilines is 1. The SMILES string of the molecule is CC(C)(C)NC(=O)Nc1c(-c2ccc(F)cc2)[nH]c2ccccc12. The summed E-state index contributed by atoms with van der Waals surface area (Å²) in [6.07, 6.45) is 0. The minimum Gasteiger partial charge on any atom is -0.353 e. The first-order chi connectivity index (χ1) is 11.3. The Bertz CT molecular complexity index is 876. The topological polar surface area (TPSA) is 56.9 Å². The molecule has 4 nitrogen and oxygen atoms in total. The number of H-pyrrole nitrogens is 1. The second kappa shape index (κ2) is 6.00. The van der Waals surface area contributed by atoms with Gasteiger partial charge in [-0.3, -0.25) is 0 Å². The molecule has 5 heteroatoms. The van der Waals surface area contributed by atoms with Crippen molar-refractivity contribution in [3.63, 3.8) is 0 Å². The molecule has 0 radical (unpaired) electrons. The summed E-state index contributed by atoms with van der Waals surface area (Å²) in [4.78, 5) is 15.6. The van der Waals surface area contributed by atoms with Crippen LogP contribution in [0.15, 0.2) is 48.5 Å². The van der Waals surface area contributed by atoms with E-state index >= 15 is 0 Å². The van der Waals surface area contributed by atoms with Gasteiger partial charge in [-0.2, -0.15) is 0 Å². The van der Waals surface area contributed by atoms with E-state index in [1.54, 1.807) is 12.1 Å². The lowest BCUT2D eigenvalue weighted by Gasteiger charge is -2.21. The van der Waals surface area contributed by atoms with Gasteiger partial charge in [-0.25, -0.2) is 9.18 Å². The number of aromatic nitrogens is 1. The van der Waals surface area contributed by atoms with Gasteiger partial charge in [0.05, 0.1) is 11.4 Å². The molecule has 0 saturated carbocycles. The van der Waals surface area contributed by atoms with Gasteiger partial charge in [-0.1, -0.05) is 18.2 Å². The van der Waals surface area contributed by atoms with Gasteiger partial charge >= 0.3 is 6.03 Å². The number of carbonyl (C=O) groups is 1.